The smallest absolute Gasteiger partial charge is 0.338 e. The Balaban J connectivity index is 1.34. The zero-order valence-electron chi connectivity index (χ0n) is 13.5. The van der Waals surface area contributed by atoms with E-state index in [9.17, 15) is 13.2 Å². The first-order valence-electron chi connectivity index (χ1n) is 7.98. The molecular formula is C17H14F3N5O. The number of halogens is 3. The molecule has 0 saturated carbocycles. The fourth-order valence-corrected chi connectivity index (χ4v) is 2.82. The largest absolute Gasteiger partial charge is 0.416 e. The second kappa shape index (κ2) is 6.49. The van der Waals surface area contributed by atoms with Crippen LogP contribution in [0.5, 0.6) is 0 Å². The molecule has 0 bridgehead atoms. The molecule has 1 aliphatic heterocycles. The highest BCUT2D eigenvalue weighted by Gasteiger charge is 2.33. The molecule has 2 aromatic heterocycles. The van der Waals surface area contributed by atoms with Crippen LogP contribution in [0.15, 0.2) is 47.2 Å². The molecule has 134 valence electrons. The molecule has 1 fully saturated rings. The molecule has 0 unspecified atom stereocenters. The maximum atomic E-state index is 12.6. The third kappa shape index (κ3) is 3.43. The number of aromatic nitrogens is 4. The molecule has 0 amide bonds. The van der Waals surface area contributed by atoms with E-state index in [-0.39, 0.29) is 5.92 Å². The topological polar surface area (TPSA) is 67.9 Å². The van der Waals surface area contributed by atoms with Crippen LogP contribution in [0.25, 0.3) is 11.6 Å². The lowest BCUT2D eigenvalue weighted by molar-refractivity contribution is -0.137. The lowest BCUT2D eigenvalue weighted by Crippen LogP contribution is -2.44. The van der Waals surface area contributed by atoms with Gasteiger partial charge in [0, 0.05) is 32.0 Å². The van der Waals surface area contributed by atoms with Gasteiger partial charge in [-0.05, 0) is 23.8 Å². The summed E-state index contributed by atoms with van der Waals surface area (Å²) in [5.74, 6) is 1.38. The highest BCUT2D eigenvalue weighted by Crippen LogP contribution is 2.31. The molecule has 0 radical (unpaired) electrons. The van der Waals surface area contributed by atoms with Crippen molar-refractivity contribution in [2.24, 2.45) is 0 Å². The van der Waals surface area contributed by atoms with Crippen LogP contribution in [0.3, 0.4) is 0 Å². The summed E-state index contributed by atoms with van der Waals surface area (Å²) in [6.07, 6.45) is -1.10. The van der Waals surface area contributed by atoms with Gasteiger partial charge in [-0.1, -0.05) is 17.3 Å². The van der Waals surface area contributed by atoms with E-state index in [2.05, 4.69) is 25.0 Å². The van der Waals surface area contributed by atoms with Crippen molar-refractivity contribution in [3.05, 3.63) is 59.7 Å². The van der Waals surface area contributed by atoms with Crippen molar-refractivity contribution in [3.63, 3.8) is 0 Å². The van der Waals surface area contributed by atoms with Crippen molar-refractivity contribution < 1.29 is 17.7 Å². The maximum absolute atomic E-state index is 12.6. The van der Waals surface area contributed by atoms with Gasteiger partial charge >= 0.3 is 6.18 Å². The molecule has 6 nitrogen and oxygen atoms in total. The van der Waals surface area contributed by atoms with Gasteiger partial charge in [0.05, 0.1) is 11.5 Å². The summed E-state index contributed by atoms with van der Waals surface area (Å²) in [5.41, 5.74) is 0.199. The van der Waals surface area contributed by atoms with E-state index in [0.717, 1.165) is 17.7 Å². The first-order valence-corrected chi connectivity index (χ1v) is 7.98. The van der Waals surface area contributed by atoms with E-state index < -0.39 is 11.7 Å². The Morgan fingerprint density at radius 2 is 1.73 bits per heavy atom. The highest BCUT2D eigenvalue weighted by molar-refractivity contribution is 5.40. The normalized spacial score (nSPS) is 15.8. The van der Waals surface area contributed by atoms with Crippen LogP contribution >= 0.6 is 0 Å². The Hall–Kier alpha value is -2.81. The lowest BCUT2D eigenvalue weighted by Gasteiger charge is -2.37. The van der Waals surface area contributed by atoms with Gasteiger partial charge in [0.1, 0.15) is 0 Å². The molecule has 9 heteroatoms. The minimum absolute atomic E-state index is 0.106. The number of benzene rings is 1. The third-order valence-electron chi connectivity index (χ3n) is 4.20. The average Bonchev–Trinajstić information content (AvgIpc) is 3.07. The molecule has 0 N–H and O–H groups in total. The lowest BCUT2D eigenvalue weighted by atomic mass is 9.99. The maximum Gasteiger partial charge on any atom is 0.416 e. The summed E-state index contributed by atoms with van der Waals surface area (Å²) < 4.78 is 43.0. The number of rotatable bonds is 4. The molecule has 0 spiro atoms. The van der Waals surface area contributed by atoms with Crippen molar-refractivity contribution in [1.29, 1.82) is 0 Å². The fraction of sp³-hybridized carbons (Fsp3) is 0.294. The van der Waals surface area contributed by atoms with Gasteiger partial charge < -0.3 is 4.52 Å². The number of likely N-dealkylation sites (tertiary alicyclic amines) is 1. The van der Waals surface area contributed by atoms with Crippen molar-refractivity contribution >= 4 is 0 Å². The van der Waals surface area contributed by atoms with Crippen LogP contribution in [-0.4, -0.2) is 38.1 Å². The van der Waals surface area contributed by atoms with Crippen molar-refractivity contribution in [1.82, 2.24) is 25.0 Å². The first-order chi connectivity index (χ1) is 12.5. The van der Waals surface area contributed by atoms with Gasteiger partial charge in [-0.15, -0.1) is 0 Å². The highest BCUT2D eigenvalue weighted by atomic mass is 19.4. The summed E-state index contributed by atoms with van der Waals surface area (Å²) in [7, 11) is 0. The molecule has 0 atom stereocenters. The summed E-state index contributed by atoms with van der Waals surface area (Å²) in [6, 6.07) is 6.93. The average molecular weight is 361 g/mol. The summed E-state index contributed by atoms with van der Waals surface area (Å²) in [4.78, 5) is 14.6. The van der Waals surface area contributed by atoms with E-state index in [1.165, 1.54) is 12.1 Å². The molecule has 0 aliphatic carbocycles. The molecule has 26 heavy (non-hydrogen) atoms. The van der Waals surface area contributed by atoms with Gasteiger partial charge in [-0.3, -0.25) is 4.90 Å². The number of nitrogens with zero attached hydrogens (tertiary/aromatic N) is 5. The Morgan fingerprint density at radius 3 is 2.38 bits per heavy atom. The molecular weight excluding hydrogens is 347 g/mol. The van der Waals surface area contributed by atoms with Gasteiger partial charge in [-0.25, -0.2) is 9.97 Å². The van der Waals surface area contributed by atoms with Gasteiger partial charge in [0.2, 0.25) is 17.5 Å². The number of hydrogen-bond donors (Lipinski definition) is 0. The number of hydrogen-bond acceptors (Lipinski definition) is 6. The molecule has 1 aromatic carbocycles. The van der Waals surface area contributed by atoms with E-state index in [4.69, 9.17) is 4.52 Å². The van der Waals surface area contributed by atoms with Crippen LogP contribution in [0.1, 0.15) is 22.9 Å². The monoisotopic (exact) mass is 361 g/mol. The van der Waals surface area contributed by atoms with Crippen LogP contribution in [0.4, 0.5) is 13.2 Å². The number of alkyl halides is 3. The van der Waals surface area contributed by atoms with E-state index in [1.54, 1.807) is 18.5 Å². The molecule has 4 rings (SSSR count). The Bertz CT molecular complexity index is 873. The van der Waals surface area contributed by atoms with E-state index in [1.807, 2.05) is 0 Å². The summed E-state index contributed by atoms with van der Waals surface area (Å²) in [6.45, 7) is 1.99. The predicted octanol–water partition coefficient (Wildman–Crippen LogP) is 3.14. The van der Waals surface area contributed by atoms with E-state index >= 15 is 0 Å². The van der Waals surface area contributed by atoms with E-state index in [0.29, 0.717) is 37.2 Å². The van der Waals surface area contributed by atoms with Crippen molar-refractivity contribution in [2.75, 3.05) is 13.1 Å². The minimum Gasteiger partial charge on any atom is -0.338 e. The summed E-state index contributed by atoms with van der Waals surface area (Å²) >= 11 is 0. The Kier molecular flexibility index (Phi) is 4.15. The van der Waals surface area contributed by atoms with Crippen LogP contribution in [0, 0.1) is 0 Å². The zero-order valence-corrected chi connectivity index (χ0v) is 13.5. The van der Waals surface area contributed by atoms with Gasteiger partial charge in [-0.2, -0.15) is 18.2 Å². The fourth-order valence-electron chi connectivity index (χ4n) is 2.82. The molecule has 3 heterocycles. The van der Waals surface area contributed by atoms with Crippen molar-refractivity contribution in [2.45, 2.75) is 18.6 Å². The van der Waals surface area contributed by atoms with Crippen molar-refractivity contribution in [3.8, 4) is 11.6 Å². The third-order valence-corrected chi connectivity index (χ3v) is 4.20. The second-order valence-corrected chi connectivity index (χ2v) is 6.11. The van der Waals surface area contributed by atoms with Crippen LogP contribution in [0.2, 0.25) is 0 Å². The SMILES string of the molecule is FC(F)(F)c1ccc(CN2CC(c3nc(-c4ncccn4)no3)C2)cc1. The Labute approximate surface area is 146 Å². The molecule has 1 saturated heterocycles. The summed E-state index contributed by atoms with van der Waals surface area (Å²) in [5, 5.41) is 3.89. The van der Waals surface area contributed by atoms with Gasteiger partial charge in [0.15, 0.2) is 0 Å². The minimum atomic E-state index is -4.31. The predicted molar refractivity (Wildman–Crippen MR) is 84.8 cm³/mol. The standard InChI is InChI=1S/C17H14F3N5O/c18-17(19,20)13-4-2-11(3-5-13)8-25-9-12(10-25)16-23-15(24-26-16)14-21-6-1-7-22-14/h1-7,12H,8-10H2. The molecule has 3 aromatic rings. The zero-order chi connectivity index (χ0) is 18.1. The van der Waals surface area contributed by atoms with Crippen LogP contribution < -0.4 is 0 Å². The quantitative estimate of drug-likeness (QED) is 0.711. The van der Waals surface area contributed by atoms with Crippen LogP contribution in [-0.2, 0) is 12.7 Å². The second-order valence-electron chi connectivity index (χ2n) is 6.11. The Morgan fingerprint density at radius 1 is 1.04 bits per heavy atom. The molecule has 1 aliphatic rings. The first kappa shape index (κ1) is 16.6. The van der Waals surface area contributed by atoms with Gasteiger partial charge in [0.25, 0.3) is 0 Å².